The number of carbonyl (C=O) groups excluding carboxylic acids is 1. The van der Waals surface area contributed by atoms with Gasteiger partial charge in [-0.15, -0.1) is 0 Å². The van der Waals surface area contributed by atoms with Crippen molar-refractivity contribution in [3.8, 4) is 5.75 Å². The first-order valence-corrected chi connectivity index (χ1v) is 6.23. The Hall–Kier alpha value is -2.15. The van der Waals surface area contributed by atoms with Gasteiger partial charge in [0.1, 0.15) is 12.4 Å². The number of carbonyl (C=O) groups is 1. The molecule has 1 atom stereocenters. The fourth-order valence-electron chi connectivity index (χ4n) is 1.58. The minimum atomic E-state index is -0.458. The number of benzene rings is 1. The zero-order valence-corrected chi connectivity index (χ0v) is 11.8. The number of rotatable bonds is 7. The van der Waals surface area contributed by atoms with Crippen molar-refractivity contribution in [2.24, 2.45) is 0 Å². The Morgan fingerprint density at radius 3 is 2.50 bits per heavy atom. The molecule has 0 aromatic heterocycles. The van der Waals surface area contributed by atoms with Crippen molar-refractivity contribution in [2.45, 2.75) is 13.0 Å². The molecule has 0 radical (unpaired) electrons. The molecule has 1 amide bonds. The number of nitro groups is 1. The predicted octanol–water partition coefficient (Wildman–Crippen LogP) is 1.04. The van der Waals surface area contributed by atoms with Crippen LogP contribution in [0.5, 0.6) is 5.75 Å². The maximum atomic E-state index is 11.6. The third-order valence-corrected chi connectivity index (χ3v) is 2.68. The van der Waals surface area contributed by atoms with E-state index in [1.54, 1.807) is 33.2 Å². The normalized spacial score (nSPS) is 11.8. The molecule has 7 nitrogen and oxygen atoms in total. The molecule has 0 saturated carbocycles. The number of nitro benzene ring substituents is 1. The van der Waals surface area contributed by atoms with Crippen LogP contribution in [0.15, 0.2) is 24.3 Å². The van der Waals surface area contributed by atoms with Gasteiger partial charge in [0.2, 0.25) is 5.91 Å². The van der Waals surface area contributed by atoms with E-state index in [1.807, 2.05) is 0 Å². The molecule has 1 unspecified atom stereocenters. The lowest BCUT2D eigenvalue weighted by atomic mass is 10.3. The zero-order chi connectivity index (χ0) is 15.1. The van der Waals surface area contributed by atoms with Crippen molar-refractivity contribution in [1.82, 2.24) is 10.2 Å². The molecule has 0 aliphatic rings. The molecule has 0 heterocycles. The number of hydrogen-bond donors (Lipinski definition) is 1. The maximum Gasteiger partial charge on any atom is 0.269 e. The highest BCUT2D eigenvalue weighted by Gasteiger charge is 2.13. The summed E-state index contributed by atoms with van der Waals surface area (Å²) in [7, 11) is 3.40. The molecule has 1 N–H and O–H groups in total. The number of ether oxygens (including phenoxy) is 1. The lowest BCUT2D eigenvalue weighted by molar-refractivity contribution is -0.384. The summed E-state index contributed by atoms with van der Waals surface area (Å²) in [6.07, 6.45) is 0. The average Bonchev–Trinajstić information content (AvgIpc) is 2.42. The molecule has 0 aliphatic heterocycles. The summed E-state index contributed by atoms with van der Waals surface area (Å²) in [5, 5.41) is 13.5. The SMILES string of the molecule is CC(NCCOc1ccc([N+](=O)[O-])cc1)C(=O)N(C)C. The van der Waals surface area contributed by atoms with Crippen molar-refractivity contribution in [1.29, 1.82) is 0 Å². The van der Waals surface area contributed by atoms with Crippen LogP contribution in [-0.4, -0.2) is 49.0 Å². The number of hydrogen-bond acceptors (Lipinski definition) is 5. The van der Waals surface area contributed by atoms with Gasteiger partial charge in [-0.05, 0) is 19.1 Å². The third kappa shape index (κ3) is 4.85. The Labute approximate surface area is 117 Å². The highest BCUT2D eigenvalue weighted by molar-refractivity contribution is 5.80. The van der Waals surface area contributed by atoms with Gasteiger partial charge in [0.15, 0.2) is 0 Å². The van der Waals surface area contributed by atoms with Crippen LogP contribution in [0.2, 0.25) is 0 Å². The second-order valence-electron chi connectivity index (χ2n) is 4.51. The topological polar surface area (TPSA) is 84.7 Å². The van der Waals surface area contributed by atoms with E-state index in [2.05, 4.69) is 5.32 Å². The molecule has 1 aromatic carbocycles. The van der Waals surface area contributed by atoms with Crippen molar-refractivity contribution < 1.29 is 14.5 Å². The fraction of sp³-hybridized carbons (Fsp3) is 0.462. The Morgan fingerprint density at radius 1 is 1.40 bits per heavy atom. The Morgan fingerprint density at radius 2 is 2.00 bits per heavy atom. The number of amides is 1. The van der Waals surface area contributed by atoms with Crippen LogP contribution in [0.25, 0.3) is 0 Å². The van der Waals surface area contributed by atoms with Crippen molar-refractivity contribution in [3.63, 3.8) is 0 Å². The quantitative estimate of drug-likeness (QED) is 0.458. The number of nitrogens with zero attached hydrogens (tertiary/aromatic N) is 2. The van der Waals surface area contributed by atoms with Gasteiger partial charge in [-0.2, -0.15) is 0 Å². The minimum Gasteiger partial charge on any atom is -0.492 e. The fourth-order valence-corrected chi connectivity index (χ4v) is 1.58. The van der Waals surface area contributed by atoms with Crippen molar-refractivity contribution in [2.75, 3.05) is 27.2 Å². The molecule has 0 spiro atoms. The zero-order valence-electron chi connectivity index (χ0n) is 11.8. The summed E-state index contributed by atoms with van der Waals surface area (Å²) in [5.74, 6) is 0.560. The van der Waals surface area contributed by atoms with Gasteiger partial charge in [-0.25, -0.2) is 0 Å². The van der Waals surface area contributed by atoms with E-state index in [0.717, 1.165) is 0 Å². The van der Waals surface area contributed by atoms with Gasteiger partial charge in [0.05, 0.1) is 11.0 Å². The van der Waals surface area contributed by atoms with E-state index in [4.69, 9.17) is 4.74 Å². The molecule has 20 heavy (non-hydrogen) atoms. The maximum absolute atomic E-state index is 11.6. The summed E-state index contributed by atoms with van der Waals surface area (Å²) < 4.78 is 5.42. The van der Waals surface area contributed by atoms with Crippen LogP contribution in [0.3, 0.4) is 0 Å². The van der Waals surface area contributed by atoms with E-state index in [-0.39, 0.29) is 17.6 Å². The Kier molecular flexibility index (Phi) is 5.92. The van der Waals surface area contributed by atoms with Gasteiger partial charge >= 0.3 is 0 Å². The second kappa shape index (κ2) is 7.44. The molecule has 1 rings (SSSR count). The van der Waals surface area contributed by atoms with Crippen LogP contribution in [0, 0.1) is 10.1 Å². The van der Waals surface area contributed by atoms with Crippen LogP contribution in [0.1, 0.15) is 6.92 Å². The summed E-state index contributed by atoms with van der Waals surface area (Å²) in [6.45, 7) is 2.68. The highest BCUT2D eigenvalue weighted by atomic mass is 16.6. The number of nitrogens with one attached hydrogen (secondary N) is 1. The van der Waals surface area contributed by atoms with Gasteiger partial charge in [-0.1, -0.05) is 0 Å². The number of non-ortho nitro benzene ring substituents is 1. The molecule has 0 fully saturated rings. The molecular formula is C13H19N3O4. The molecule has 0 aliphatic carbocycles. The van der Waals surface area contributed by atoms with E-state index < -0.39 is 4.92 Å². The highest BCUT2D eigenvalue weighted by Crippen LogP contribution is 2.16. The van der Waals surface area contributed by atoms with Crippen molar-refractivity contribution in [3.05, 3.63) is 34.4 Å². The van der Waals surface area contributed by atoms with E-state index in [9.17, 15) is 14.9 Å². The predicted molar refractivity (Wildman–Crippen MR) is 74.8 cm³/mol. The summed E-state index contributed by atoms with van der Waals surface area (Å²) >= 11 is 0. The molecular weight excluding hydrogens is 262 g/mol. The number of likely N-dealkylation sites (N-methyl/N-ethyl adjacent to an activating group) is 1. The van der Waals surface area contributed by atoms with Crippen molar-refractivity contribution >= 4 is 11.6 Å². The Balaban J connectivity index is 2.31. The smallest absolute Gasteiger partial charge is 0.269 e. The lowest BCUT2D eigenvalue weighted by Gasteiger charge is -2.18. The monoisotopic (exact) mass is 281 g/mol. The summed E-state index contributed by atoms with van der Waals surface area (Å²) in [4.78, 5) is 23.1. The van der Waals surface area contributed by atoms with E-state index in [1.165, 1.54) is 17.0 Å². The minimum absolute atomic E-state index is 0.000311. The summed E-state index contributed by atoms with van der Waals surface area (Å²) in [5.41, 5.74) is 0.0284. The van der Waals surface area contributed by atoms with Gasteiger partial charge in [-0.3, -0.25) is 14.9 Å². The molecule has 0 bridgehead atoms. The first-order chi connectivity index (χ1) is 9.41. The second-order valence-corrected chi connectivity index (χ2v) is 4.51. The van der Waals surface area contributed by atoms with E-state index in [0.29, 0.717) is 18.9 Å². The lowest BCUT2D eigenvalue weighted by Crippen LogP contribution is -2.42. The first kappa shape index (κ1) is 15.9. The van der Waals surface area contributed by atoms with E-state index >= 15 is 0 Å². The third-order valence-electron chi connectivity index (χ3n) is 2.68. The molecule has 0 saturated heterocycles. The first-order valence-electron chi connectivity index (χ1n) is 6.23. The Bertz CT molecular complexity index is 459. The molecule has 7 heteroatoms. The van der Waals surface area contributed by atoms with Crippen LogP contribution in [-0.2, 0) is 4.79 Å². The van der Waals surface area contributed by atoms with Crippen LogP contribution < -0.4 is 10.1 Å². The van der Waals surface area contributed by atoms with Gasteiger partial charge < -0.3 is 15.0 Å². The summed E-state index contributed by atoms with van der Waals surface area (Å²) in [6, 6.07) is 5.60. The largest absolute Gasteiger partial charge is 0.492 e. The molecule has 110 valence electrons. The van der Waals surface area contributed by atoms with Gasteiger partial charge in [0.25, 0.3) is 5.69 Å². The average molecular weight is 281 g/mol. The standard InChI is InChI=1S/C13H19N3O4/c1-10(13(17)15(2)3)14-8-9-20-12-6-4-11(5-7-12)16(18)19/h4-7,10,14H,8-9H2,1-3H3. The van der Waals surface area contributed by atoms with Crippen LogP contribution in [0.4, 0.5) is 5.69 Å². The molecule has 1 aromatic rings. The van der Waals surface area contributed by atoms with Gasteiger partial charge in [0, 0.05) is 32.8 Å². The van der Waals surface area contributed by atoms with Crippen LogP contribution >= 0.6 is 0 Å².